The van der Waals surface area contributed by atoms with Gasteiger partial charge in [0.25, 0.3) is 0 Å². The molecule has 0 atom stereocenters. The molecule has 0 aliphatic rings. The molecule has 0 fully saturated rings. The minimum Gasteiger partial charge on any atom is -0.469 e. The second-order valence-corrected chi connectivity index (χ2v) is 4.25. The standard InChI is InChI=1S/C7H12Cl2O2/c1-7(2,4-5(8)9)6(10)11-3/h5H,4H2,1-3H3. The topological polar surface area (TPSA) is 26.3 Å². The van der Waals surface area contributed by atoms with Gasteiger partial charge in [0.2, 0.25) is 0 Å². The molecular weight excluding hydrogens is 187 g/mol. The monoisotopic (exact) mass is 198 g/mol. The summed E-state index contributed by atoms with van der Waals surface area (Å²) in [5.74, 6) is -0.288. The summed E-state index contributed by atoms with van der Waals surface area (Å²) in [6.07, 6.45) is 0.406. The highest BCUT2D eigenvalue weighted by molar-refractivity contribution is 6.44. The Labute approximate surface area is 76.8 Å². The Hall–Kier alpha value is 0.0500. The van der Waals surface area contributed by atoms with Crippen LogP contribution in [0.2, 0.25) is 0 Å². The third-order valence-corrected chi connectivity index (χ3v) is 1.71. The van der Waals surface area contributed by atoms with E-state index in [4.69, 9.17) is 23.2 Å². The average Bonchev–Trinajstić information content (AvgIpc) is 1.83. The Bertz CT molecular complexity index is 143. The lowest BCUT2D eigenvalue weighted by molar-refractivity contribution is -0.150. The molecule has 66 valence electrons. The Morgan fingerprint density at radius 2 is 2.00 bits per heavy atom. The van der Waals surface area contributed by atoms with Crippen LogP contribution in [0.3, 0.4) is 0 Å². The number of hydrogen-bond acceptors (Lipinski definition) is 2. The Morgan fingerprint density at radius 1 is 1.55 bits per heavy atom. The molecule has 0 rings (SSSR count). The Balaban J connectivity index is 4.09. The fourth-order valence-electron chi connectivity index (χ4n) is 0.745. The highest BCUT2D eigenvalue weighted by atomic mass is 35.5. The summed E-state index contributed by atoms with van der Waals surface area (Å²) in [6, 6.07) is 0. The highest BCUT2D eigenvalue weighted by Gasteiger charge is 2.30. The van der Waals surface area contributed by atoms with Crippen molar-refractivity contribution in [1.82, 2.24) is 0 Å². The first-order chi connectivity index (χ1) is 4.90. The lowest BCUT2D eigenvalue weighted by atomic mass is 9.90. The third kappa shape index (κ3) is 3.82. The lowest BCUT2D eigenvalue weighted by Gasteiger charge is -2.21. The van der Waals surface area contributed by atoms with E-state index in [0.717, 1.165) is 0 Å². The van der Waals surface area contributed by atoms with Crippen molar-refractivity contribution in [1.29, 1.82) is 0 Å². The van der Waals surface area contributed by atoms with Crippen LogP contribution in [0.4, 0.5) is 0 Å². The van der Waals surface area contributed by atoms with Crippen LogP contribution >= 0.6 is 23.2 Å². The molecule has 0 bridgehead atoms. The van der Waals surface area contributed by atoms with E-state index < -0.39 is 10.3 Å². The molecule has 0 aromatic heterocycles. The zero-order chi connectivity index (χ0) is 9.07. The zero-order valence-electron chi connectivity index (χ0n) is 6.86. The van der Waals surface area contributed by atoms with Crippen molar-refractivity contribution in [3.05, 3.63) is 0 Å². The van der Waals surface area contributed by atoms with E-state index in [9.17, 15) is 4.79 Å². The molecule has 0 radical (unpaired) electrons. The van der Waals surface area contributed by atoms with Crippen molar-refractivity contribution in [2.75, 3.05) is 7.11 Å². The molecule has 0 aromatic rings. The van der Waals surface area contributed by atoms with Crippen LogP contribution in [0.1, 0.15) is 20.3 Å². The number of methoxy groups -OCH3 is 1. The van der Waals surface area contributed by atoms with Crippen LogP contribution in [0.15, 0.2) is 0 Å². The molecule has 0 heterocycles. The Kier molecular flexibility index (Phi) is 4.19. The molecule has 0 spiro atoms. The van der Waals surface area contributed by atoms with E-state index >= 15 is 0 Å². The summed E-state index contributed by atoms with van der Waals surface area (Å²) in [4.78, 5) is 10.5. The third-order valence-electron chi connectivity index (χ3n) is 1.40. The smallest absolute Gasteiger partial charge is 0.311 e. The second-order valence-electron chi connectivity index (χ2n) is 2.97. The van der Waals surface area contributed by atoms with Gasteiger partial charge in [-0.05, 0) is 20.3 Å². The maximum absolute atomic E-state index is 11.0. The highest BCUT2D eigenvalue weighted by Crippen LogP contribution is 2.27. The van der Waals surface area contributed by atoms with Crippen molar-refractivity contribution in [3.63, 3.8) is 0 Å². The first kappa shape index (κ1) is 11.1. The largest absolute Gasteiger partial charge is 0.469 e. The van der Waals surface area contributed by atoms with Gasteiger partial charge in [-0.15, -0.1) is 23.2 Å². The van der Waals surface area contributed by atoms with Gasteiger partial charge in [0, 0.05) is 0 Å². The minimum absolute atomic E-state index is 0.288. The van der Waals surface area contributed by atoms with E-state index in [1.54, 1.807) is 13.8 Å². The first-order valence-corrected chi connectivity index (χ1v) is 4.14. The predicted molar refractivity (Wildman–Crippen MR) is 45.9 cm³/mol. The van der Waals surface area contributed by atoms with E-state index in [1.807, 2.05) is 0 Å². The molecule has 0 aliphatic heterocycles. The number of hydrogen-bond donors (Lipinski definition) is 0. The van der Waals surface area contributed by atoms with Crippen LogP contribution in [-0.4, -0.2) is 17.9 Å². The molecule has 0 amide bonds. The molecule has 0 saturated heterocycles. The number of carbonyl (C=O) groups is 1. The quantitative estimate of drug-likeness (QED) is 0.515. The van der Waals surface area contributed by atoms with Crippen molar-refractivity contribution >= 4 is 29.2 Å². The van der Waals surface area contributed by atoms with E-state index in [0.29, 0.717) is 6.42 Å². The van der Waals surface area contributed by atoms with Gasteiger partial charge in [-0.25, -0.2) is 0 Å². The zero-order valence-corrected chi connectivity index (χ0v) is 8.37. The second kappa shape index (κ2) is 4.17. The molecule has 4 heteroatoms. The summed E-state index contributed by atoms with van der Waals surface area (Å²) in [5, 5.41) is 0. The summed E-state index contributed by atoms with van der Waals surface area (Å²) in [5.41, 5.74) is -0.594. The number of esters is 1. The van der Waals surface area contributed by atoms with E-state index in [2.05, 4.69) is 4.74 Å². The van der Waals surface area contributed by atoms with Crippen LogP contribution in [0, 0.1) is 5.41 Å². The van der Waals surface area contributed by atoms with Crippen LogP contribution in [0.5, 0.6) is 0 Å². The van der Waals surface area contributed by atoms with Crippen molar-refractivity contribution in [2.24, 2.45) is 5.41 Å². The molecular formula is C7H12Cl2O2. The predicted octanol–water partition coefficient (Wildman–Crippen LogP) is 2.38. The van der Waals surface area contributed by atoms with Gasteiger partial charge in [0.15, 0.2) is 0 Å². The fraction of sp³-hybridized carbons (Fsp3) is 0.857. The normalized spacial score (nSPS) is 11.8. The minimum atomic E-state index is -0.594. The fourth-order valence-corrected chi connectivity index (χ4v) is 1.52. The van der Waals surface area contributed by atoms with Gasteiger partial charge in [-0.3, -0.25) is 4.79 Å². The Morgan fingerprint density at radius 3 is 2.27 bits per heavy atom. The van der Waals surface area contributed by atoms with Crippen molar-refractivity contribution in [2.45, 2.75) is 25.1 Å². The van der Waals surface area contributed by atoms with Gasteiger partial charge < -0.3 is 4.74 Å². The molecule has 0 N–H and O–H groups in total. The van der Waals surface area contributed by atoms with Crippen LogP contribution in [-0.2, 0) is 9.53 Å². The van der Waals surface area contributed by atoms with E-state index in [-0.39, 0.29) is 5.97 Å². The number of rotatable bonds is 3. The molecule has 2 nitrogen and oxygen atoms in total. The molecule has 0 saturated carbocycles. The maximum atomic E-state index is 11.0. The van der Waals surface area contributed by atoms with Crippen molar-refractivity contribution in [3.8, 4) is 0 Å². The SMILES string of the molecule is COC(=O)C(C)(C)CC(Cl)Cl. The van der Waals surface area contributed by atoms with Gasteiger partial charge in [0.1, 0.15) is 4.84 Å². The van der Waals surface area contributed by atoms with E-state index in [1.165, 1.54) is 7.11 Å². The molecule has 0 aliphatic carbocycles. The molecule has 0 unspecified atom stereocenters. The number of alkyl halides is 2. The van der Waals surface area contributed by atoms with Gasteiger partial charge in [-0.2, -0.15) is 0 Å². The summed E-state index contributed by atoms with van der Waals surface area (Å²) in [6.45, 7) is 3.49. The van der Waals surface area contributed by atoms with Crippen molar-refractivity contribution < 1.29 is 9.53 Å². The summed E-state index contributed by atoms with van der Waals surface area (Å²) in [7, 11) is 1.35. The van der Waals surface area contributed by atoms with Gasteiger partial charge in [0.05, 0.1) is 12.5 Å². The first-order valence-electron chi connectivity index (χ1n) is 3.26. The molecule has 0 aromatic carbocycles. The summed E-state index contributed by atoms with van der Waals surface area (Å²) >= 11 is 11.0. The average molecular weight is 199 g/mol. The van der Waals surface area contributed by atoms with Gasteiger partial charge in [-0.1, -0.05) is 0 Å². The lowest BCUT2D eigenvalue weighted by Crippen LogP contribution is -2.27. The van der Waals surface area contributed by atoms with Crippen LogP contribution < -0.4 is 0 Å². The number of carbonyl (C=O) groups excluding carboxylic acids is 1. The number of halogens is 2. The van der Waals surface area contributed by atoms with Gasteiger partial charge >= 0.3 is 5.97 Å². The maximum Gasteiger partial charge on any atom is 0.311 e. The molecule has 11 heavy (non-hydrogen) atoms. The number of ether oxygens (including phenoxy) is 1. The summed E-state index contributed by atoms with van der Waals surface area (Å²) < 4.78 is 4.56. The van der Waals surface area contributed by atoms with Crippen LogP contribution in [0.25, 0.3) is 0 Å².